The van der Waals surface area contributed by atoms with E-state index in [1.54, 1.807) is 23.9 Å². The number of nitrogens with two attached hydrogens (primary N) is 1. The van der Waals surface area contributed by atoms with Crippen LogP contribution < -0.4 is 5.73 Å². The molecule has 58 valence electrons. The van der Waals surface area contributed by atoms with Crippen LogP contribution in [-0.2, 0) is 0 Å². The molecule has 1 fully saturated rings. The van der Waals surface area contributed by atoms with E-state index < -0.39 is 0 Å². The van der Waals surface area contributed by atoms with Gasteiger partial charge in [-0.1, -0.05) is 0 Å². The van der Waals surface area contributed by atoms with E-state index in [1.165, 1.54) is 0 Å². The zero-order valence-corrected chi connectivity index (χ0v) is 6.37. The molecule has 2 amide bonds. The van der Waals surface area contributed by atoms with Crippen LogP contribution in [-0.4, -0.2) is 49.1 Å². The first-order chi connectivity index (χ1) is 4.66. The Kier molecular flexibility index (Phi) is 1.80. The van der Waals surface area contributed by atoms with Crippen molar-refractivity contribution in [3.63, 3.8) is 0 Å². The van der Waals surface area contributed by atoms with Crippen molar-refractivity contribution in [3.8, 4) is 0 Å². The van der Waals surface area contributed by atoms with Gasteiger partial charge in [0.2, 0.25) is 0 Å². The van der Waals surface area contributed by atoms with Crippen molar-refractivity contribution in [1.82, 2.24) is 9.80 Å². The Morgan fingerprint density at radius 1 is 1.70 bits per heavy atom. The average molecular weight is 143 g/mol. The van der Waals surface area contributed by atoms with Crippen LogP contribution in [0.5, 0.6) is 0 Å². The second kappa shape index (κ2) is 2.46. The molecule has 0 aromatic rings. The molecule has 1 atom stereocenters. The summed E-state index contributed by atoms with van der Waals surface area (Å²) in [4.78, 5) is 14.4. The molecule has 0 radical (unpaired) electrons. The number of amides is 2. The number of hydrogen-bond donors (Lipinski definition) is 1. The molecule has 1 heterocycles. The van der Waals surface area contributed by atoms with E-state index in [0.29, 0.717) is 6.54 Å². The molecule has 1 rings (SSSR count). The molecule has 0 bridgehead atoms. The van der Waals surface area contributed by atoms with Crippen molar-refractivity contribution in [2.75, 3.05) is 27.2 Å². The van der Waals surface area contributed by atoms with Gasteiger partial charge < -0.3 is 15.5 Å². The number of carbonyl (C=O) groups excluding carboxylic acids is 1. The van der Waals surface area contributed by atoms with E-state index in [4.69, 9.17) is 5.73 Å². The van der Waals surface area contributed by atoms with Gasteiger partial charge in [-0.15, -0.1) is 0 Å². The van der Waals surface area contributed by atoms with E-state index in [9.17, 15) is 4.79 Å². The minimum Gasteiger partial charge on any atom is -0.328 e. The lowest BCUT2D eigenvalue weighted by Gasteiger charge is -2.14. The zero-order chi connectivity index (χ0) is 7.72. The molecular formula is C6H13N3O. The molecule has 1 aliphatic heterocycles. The van der Waals surface area contributed by atoms with Crippen LogP contribution in [0.25, 0.3) is 0 Å². The topological polar surface area (TPSA) is 49.6 Å². The van der Waals surface area contributed by atoms with Crippen molar-refractivity contribution in [2.45, 2.75) is 6.04 Å². The molecule has 1 unspecified atom stereocenters. The molecule has 4 nitrogen and oxygen atoms in total. The van der Waals surface area contributed by atoms with Crippen molar-refractivity contribution in [3.05, 3.63) is 0 Å². The van der Waals surface area contributed by atoms with Crippen LogP contribution in [0.4, 0.5) is 4.79 Å². The quantitative estimate of drug-likeness (QED) is 0.528. The lowest BCUT2D eigenvalue weighted by atomic mass is 10.3. The summed E-state index contributed by atoms with van der Waals surface area (Å²) >= 11 is 0. The van der Waals surface area contributed by atoms with E-state index in [0.717, 1.165) is 6.54 Å². The maximum atomic E-state index is 11.1. The van der Waals surface area contributed by atoms with Gasteiger partial charge in [0, 0.05) is 27.2 Å². The van der Waals surface area contributed by atoms with Gasteiger partial charge in [-0.3, -0.25) is 0 Å². The summed E-state index contributed by atoms with van der Waals surface area (Å²) in [6.07, 6.45) is 0. The maximum absolute atomic E-state index is 11.1. The van der Waals surface area contributed by atoms with Crippen LogP contribution in [0, 0.1) is 0 Å². The largest absolute Gasteiger partial charge is 0.328 e. The van der Waals surface area contributed by atoms with Gasteiger partial charge in [-0.05, 0) is 0 Å². The van der Waals surface area contributed by atoms with Crippen LogP contribution in [0.1, 0.15) is 0 Å². The first-order valence-electron chi connectivity index (χ1n) is 3.34. The smallest absolute Gasteiger partial charge is 0.319 e. The zero-order valence-electron chi connectivity index (χ0n) is 6.37. The van der Waals surface area contributed by atoms with Crippen LogP contribution in [0.3, 0.4) is 0 Å². The molecule has 0 aliphatic carbocycles. The number of hydrogen-bond acceptors (Lipinski definition) is 2. The highest BCUT2D eigenvalue weighted by molar-refractivity contribution is 5.76. The third-order valence-electron chi connectivity index (χ3n) is 1.93. The number of likely N-dealkylation sites (N-methyl/N-ethyl adjacent to an activating group) is 2. The summed E-state index contributed by atoms with van der Waals surface area (Å²) in [6, 6.07) is 0.271. The average Bonchev–Trinajstić information content (AvgIpc) is 2.17. The lowest BCUT2D eigenvalue weighted by molar-refractivity contribution is 0.201. The Hall–Kier alpha value is -0.770. The predicted molar refractivity (Wildman–Crippen MR) is 38.6 cm³/mol. The van der Waals surface area contributed by atoms with Gasteiger partial charge in [0.25, 0.3) is 0 Å². The normalized spacial score (nSPS) is 26.3. The Labute approximate surface area is 60.6 Å². The molecule has 0 saturated carbocycles. The molecule has 0 aromatic heterocycles. The fraction of sp³-hybridized carbons (Fsp3) is 0.833. The highest BCUT2D eigenvalue weighted by Crippen LogP contribution is 2.09. The van der Waals surface area contributed by atoms with E-state index in [-0.39, 0.29) is 12.1 Å². The minimum absolute atomic E-state index is 0.0652. The summed E-state index contributed by atoms with van der Waals surface area (Å²) in [5.74, 6) is 0. The molecule has 10 heavy (non-hydrogen) atoms. The van der Waals surface area contributed by atoms with Gasteiger partial charge in [0.15, 0.2) is 0 Å². The monoisotopic (exact) mass is 143 g/mol. The lowest BCUT2D eigenvalue weighted by Crippen LogP contribution is -2.35. The third kappa shape index (κ3) is 0.945. The van der Waals surface area contributed by atoms with Gasteiger partial charge in [-0.25, -0.2) is 4.79 Å². The highest BCUT2D eigenvalue weighted by atomic mass is 16.2. The highest BCUT2D eigenvalue weighted by Gasteiger charge is 2.30. The van der Waals surface area contributed by atoms with E-state index in [2.05, 4.69) is 0 Å². The van der Waals surface area contributed by atoms with Gasteiger partial charge >= 0.3 is 6.03 Å². The van der Waals surface area contributed by atoms with Crippen LogP contribution in [0.2, 0.25) is 0 Å². The fourth-order valence-corrected chi connectivity index (χ4v) is 1.17. The van der Waals surface area contributed by atoms with Crippen molar-refractivity contribution in [2.24, 2.45) is 5.73 Å². The van der Waals surface area contributed by atoms with Crippen molar-refractivity contribution < 1.29 is 4.79 Å². The maximum Gasteiger partial charge on any atom is 0.319 e. The van der Waals surface area contributed by atoms with Crippen LogP contribution in [0.15, 0.2) is 0 Å². The predicted octanol–water partition coefficient (Wildman–Crippen LogP) is -0.689. The van der Waals surface area contributed by atoms with Crippen molar-refractivity contribution >= 4 is 6.03 Å². The molecule has 4 heteroatoms. The Morgan fingerprint density at radius 3 is 2.50 bits per heavy atom. The second-order valence-corrected chi connectivity index (χ2v) is 2.66. The fourth-order valence-electron chi connectivity index (χ4n) is 1.17. The molecular weight excluding hydrogens is 130 g/mol. The van der Waals surface area contributed by atoms with Crippen molar-refractivity contribution in [1.29, 1.82) is 0 Å². The number of carbonyl (C=O) groups is 1. The van der Waals surface area contributed by atoms with Crippen LogP contribution >= 0.6 is 0 Å². The molecule has 2 N–H and O–H groups in total. The summed E-state index contributed by atoms with van der Waals surface area (Å²) < 4.78 is 0. The van der Waals surface area contributed by atoms with E-state index in [1.807, 2.05) is 0 Å². The van der Waals surface area contributed by atoms with E-state index >= 15 is 0 Å². The third-order valence-corrected chi connectivity index (χ3v) is 1.93. The summed E-state index contributed by atoms with van der Waals surface area (Å²) in [5, 5.41) is 0. The van der Waals surface area contributed by atoms with Gasteiger partial charge in [0.1, 0.15) is 0 Å². The second-order valence-electron chi connectivity index (χ2n) is 2.66. The molecule has 0 spiro atoms. The Bertz CT molecular complexity index is 148. The summed E-state index contributed by atoms with van der Waals surface area (Å²) in [6.45, 7) is 1.30. The molecule has 1 saturated heterocycles. The number of nitrogens with zero attached hydrogens (tertiary/aromatic N) is 2. The first kappa shape index (κ1) is 7.34. The summed E-state index contributed by atoms with van der Waals surface area (Å²) in [7, 11) is 3.57. The van der Waals surface area contributed by atoms with Gasteiger partial charge in [-0.2, -0.15) is 0 Å². The SMILES string of the molecule is CN1CC(CN)N(C)C1=O. The Balaban J connectivity index is 2.61. The molecule has 0 aromatic carbocycles. The number of urea groups is 1. The summed E-state index contributed by atoms with van der Waals surface area (Å²) in [5.41, 5.74) is 5.43. The molecule has 1 aliphatic rings. The number of rotatable bonds is 1. The Morgan fingerprint density at radius 2 is 2.30 bits per heavy atom. The standard InChI is InChI=1S/C6H13N3O/c1-8-4-5(3-7)9(2)6(8)10/h5H,3-4,7H2,1-2H3. The minimum atomic E-state index is 0.0652. The first-order valence-corrected chi connectivity index (χ1v) is 3.34. The van der Waals surface area contributed by atoms with Gasteiger partial charge in [0.05, 0.1) is 6.04 Å².